The third-order valence-corrected chi connectivity index (χ3v) is 6.72. The van der Waals surface area contributed by atoms with E-state index in [0.717, 1.165) is 43.7 Å². The summed E-state index contributed by atoms with van der Waals surface area (Å²) in [5.74, 6) is 0. The highest BCUT2D eigenvalue weighted by atomic mass is 32.2. The second-order valence-corrected chi connectivity index (χ2v) is 8.62. The van der Waals surface area contributed by atoms with E-state index >= 15 is 0 Å². The molecule has 3 heterocycles. The zero-order valence-corrected chi connectivity index (χ0v) is 17.8. The van der Waals surface area contributed by atoms with Gasteiger partial charge < -0.3 is 4.90 Å². The molecule has 1 aliphatic heterocycles. The Kier molecular flexibility index (Phi) is 6.24. The van der Waals surface area contributed by atoms with Crippen molar-refractivity contribution in [3.05, 3.63) is 57.4 Å². The minimum atomic E-state index is -1.44. The SMILES string of the molecule is C=C/C(=C\C=C/CCC)S(=O)c1c(=S)[nH]n2c(C)c3c(nc12)CCN(C)C3. The summed E-state index contributed by atoms with van der Waals surface area (Å²) < 4.78 is 15.6. The maximum absolute atomic E-state index is 13.3. The first kappa shape index (κ1) is 19.9. The van der Waals surface area contributed by atoms with Crippen molar-refractivity contribution in [2.75, 3.05) is 13.6 Å². The average molecular weight is 403 g/mol. The first-order valence-corrected chi connectivity index (χ1v) is 10.8. The average Bonchev–Trinajstić information content (AvgIpc) is 2.98. The highest BCUT2D eigenvalue weighted by Gasteiger charge is 2.23. The summed E-state index contributed by atoms with van der Waals surface area (Å²) in [7, 11) is 0.674. The van der Waals surface area contributed by atoms with Crippen molar-refractivity contribution in [1.29, 1.82) is 0 Å². The van der Waals surface area contributed by atoms with Crippen LogP contribution in [-0.2, 0) is 23.8 Å². The maximum Gasteiger partial charge on any atom is 0.171 e. The number of aryl methyl sites for hydroxylation is 1. The molecule has 5 nitrogen and oxygen atoms in total. The van der Waals surface area contributed by atoms with Crippen LogP contribution in [0.4, 0.5) is 0 Å². The smallest absolute Gasteiger partial charge is 0.171 e. The number of hydrogen-bond acceptors (Lipinski definition) is 4. The van der Waals surface area contributed by atoms with Crippen LogP contribution in [0, 0.1) is 11.6 Å². The first-order valence-electron chi connectivity index (χ1n) is 9.20. The lowest BCUT2D eigenvalue weighted by Gasteiger charge is -2.25. The van der Waals surface area contributed by atoms with Crippen LogP contribution < -0.4 is 0 Å². The summed E-state index contributed by atoms with van der Waals surface area (Å²) in [5, 5.41) is 3.17. The van der Waals surface area contributed by atoms with E-state index in [1.807, 2.05) is 16.7 Å². The van der Waals surface area contributed by atoms with Crippen LogP contribution in [0.25, 0.3) is 5.65 Å². The monoisotopic (exact) mass is 402 g/mol. The third-order valence-electron chi connectivity index (χ3n) is 4.81. The topological polar surface area (TPSA) is 53.4 Å². The van der Waals surface area contributed by atoms with Gasteiger partial charge in [-0.15, -0.1) is 0 Å². The lowest BCUT2D eigenvalue weighted by Crippen LogP contribution is -2.29. The molecule has 0 spiro atoms. The van der Waals surface area contributed by atoms with E-state index in [2.05, 4.69) is 43.5 Å². The first-order chi connectivity index (χ1) is 13.0. The lowest BCUT2D eigenvalue weighted by molar-refractivity contribution is 0.307. The van der Waals surface area contributed by atoms with E-state index in [0.29, 0.717) is 20.1 Å². The van der Waals surface area contributed by atoms with Gasteiger partial charge in [-0.05, 0) is 26.5 Å². The molecule has 0 fully saturated rings. The van der Waals surface area contributed by atoms with Crippen LogP contribution in [0.1, 0.15) is 36.7 Å². The molecule has 2 aromatic heterocycles. The van der Waals surface area contributed by atoms with Crippen molar-refractivity contribution in [3.8, 4) is 0 Å². The highest BCUT2D eigenvalue weighted by Crippen LogP contribution is 2.26. The number of allylic oxidation sites excluding steroid dienone is 4. The van der Waals surface area contributed by atoms with Gasteiger partial charge in [0.1, 0.15) is 9.54 Å². The Morgan fingerprint density at radius 3 is 2.96 bits per heavy atom. The number of aromatic amines is 1. The van der Waals surface area contributed by atoms with E-state index in [1.165, 1.54) is 5.56 Å². The van der Waals surface area contributed by atoms with Crippen molar-refractivity contribution in [3.63, 3.8) is 0 Å². The number of fused-ring (bicyclic) bond motifs is 2. The van der Waals surface area contributed by atoms with Crippen molar-refractivity contribution >= 4 is 28.7 Å². The Hall–Kier alpha value is -1.83. The van der Waals surface area contributed by atoms with E-state index in [-0.39, 0.29) is 0 Å². The van der Waals surface area contributed by atoms with Gasteiger partial charge in [-0.3, -0.25) is 5.10 Å². The Bertz CT molecular complexity index is 1010. The maximum atomic E-state index is 13.3. The van der Waals surface area contributed by atoms with Gasteiger partial charge in [-0.1, -0.05) is 50.4 Å². The molecule has 0 saturated heterocycles. The minimum Gasteiger partial charge on any atom is -0.302 e. The van der Waals surface area contributed by atoms with Gasteiger partial charge in [0.05, 0.1) is 16.5 Å². The largest absolute Gasteiger partial charge is 0.302 e. The molecule has 0 aliphatic carbocycles. The van der Waals surface area contributed by atoms with Gasteiger partial charge in [0, 0.05) is 35.7 Å². The van der Waals surface area contributed by atoms with Gasteiger partial charge in [-0.25, -0.2) is 13.7 Å². The zero-order chi connectivity index (χ0) is 19.6. The van der Waals surface area contributed by atoms with E-state index in [1.54, 1.807) is 6.08 Å². The molecular formula is C20H26N4OS2. The Morgan fingerprint density at radius 1 is 1.48 bits per heavy atom. The van der Waals surface area contributed by atoms with E-state index < -0.39 is 10.8 Å². The van der Waals surface area contributed by atoms with Crippen molar-refractivity contribution in [2.24, 2.45) is 0 Å². The number of hydrogen-bond donors (Lipinski definition) is 1. The van der Waals surface area contributed by atoms with Crippen molar-refractivity contribution in [1.82, 2.24) is 19.5 Å². The molecular weight excluding hydrogens is 376 g/mol. The van der Waals surface area contributed by atoms with Crippen LogP contribution in [0.5, 0.6) is 0 Å². The summed E-state index contributed by atoms with van der Waals surface area (Å²) in [4.78, 5) is 8.32. The van der Waals surface area contributed by atoms with Gasteiger partial charge in [0.15, 0.2) is 5.65 Å². The fraction of sp³-hybridized carbons (Fsp3) is 0.400. The fourth-order valence-corrected chi connectivity index (χ4v) is 4.78. The van der Waals surface area contributed by atoms with E-state index in [9.17, 15) is 4.21 Å². The Balaban J connectivity index is 2.11. The number of unbranched alkanes of at least 4 members (excludes halogenated alkanes) is 1. The molecule has 0 saturated carbocycles. The molecule has 1 unspecified atom stereocenters. The minimum absolute atomic E-state index is 0.463. The standard InChI is InChI=1S/C20H26N4OS2/c1-5-7-8-9-10-15(6-2)27(25)18-19-21-17-11-12-23(4)13-16(17)14(3)24(19)22-20(18)26/h6,8-10H,2,5,7,11-13H2,1,3-4H3,(H,22,26)/b9-8-,15-10+. The molecule has 1 aliphatic rings. The van der Waals surface area contributed by atoms with Gasteiger partial charge in [0.2, 0.25) is 0 Å². The Morgan fingerprint density at radius 2 is 2.26 bits per heavy atom. The normalized spacial score (nSPS) is 16.8. The van der Waals surface area contributed by atoms with Crippen LogP contribution in [-0.4, -0.2) is 37.3 Å². The molecule has 144 valence electrons. The predicted octanol–water partition coefficient (Wildman–Crippen LogP) is 4.22. The van der Waals surface area contributed by atoms with Crippen molar-refractivity contribution < 1.29 is 4.21 Å². The quantitative estimate of drug-likeness (QED) is 0.581. The fourth-order valence-electron chi connectivity index (χ4n) is 3.27. The zero-order valence-electron chi connectivity index (χ0n) is 16.1. The molecule has 2 aromatic rings. The number of H-pyrrole nitrogens is 1. The molecule has 1 N–H and O–H groups in total. The molecule has 0 bridgehead atoms. The molecule has 3 rings (SSSR count). The predicted molar refractivity (Wildman–Crippen MR) is 114 cm³/mol. The van der Waals surface area contributed by atoms with Gasteiger partial charge in [0.25, 0.3) is 0 Å². The molecule has 0 aromatic carbocycles. The molecule has 27 heavy (non-hydrogen) atoms. The lowest BCUT2D eigenvalue weighted by atomic mass is 10.0. The van der Waals surface area contributed by atoms with Crippen LogP contribution >= 0.6 is 12.2 Å². The summed E-state index contributed by atoms with van der Waals surface area (Å²) >= 11 is 5.51. The number of nitrogens with one attached hydrogen (secondary N) is 1. The summed E-state index contributed by atoms with van der Waals surface area (Å²) in [6, 6.07) is 0. The van der Waals surface area contributed by atoms with Crippen LogP contribution in [0.15, 0.2) is 40.7 Å². The second kappa shape index (κ2) is 8.46. The summed E-state index contributed by atoms with van der Waals surface area (Å²) in [6.45, 7) is 9.84. The summed E-state index contributed by atoms with van der Waals surface area (Å²) in [6.07, 6.45) is 10.4. The van der Waals surface area contributed by atoms with Gasteiger partial charge in [-0.2, -0.15) is 0 Å². The summed E-state index contributed by atoms with van der Waals surface area (Å²) in [5.41, 5.74) is 4.02. The van der Waals surface area contributed by atoms with Crippen molar-refractivity contribution in [2.45, 2.75) is 44.6 Å². The molecule has 0 amide bonds. The highest BCUT2D eigenvalue weighted by molar-refractivity contribution is 7.89. The van der Waals surface area contributed by atoms with E-state index in [4.69, 9.17) is 17.2 Å². The number of rotatable bonds is 6. The molecule has 7 heteroatoms. The number of nitrogens with zero attached hydrogens (tertiary/aromatic N) is 3. The van der Waals surface area contributed by atoms with Crippen LogP contribution in [0.2, 0.25) is 0 Å². The second-order valence-electron chi connectivity index (χ2n) is 6.80. The molecule has 1 atom stereocenters. The van der Waals surface area contributed by atoms with Crippen LogP contribution in [0.3, 0.4) is 0 Å². The number of likely N-dealkylation sites (N-methyl/N-ethyl adjacent to an activating group) is 1. The Labute approximate surface area is 167 Å². The third kappa shape index (κ3) is 3.90. The number of aromatic nitrogens is 3. The van der Waals surface area contributed by atoms with Gasteiger partial charge >= 0.3 is 0 Å². The molecule has 0 radical (unpaired) electrons.